The number of carbonyl (C=O) groups is 2. The topological polar surface area (TPSA) is 111 Å². The summed E-state index contributed by atoms with van der Waals surface area (Å²) in [6.45, 7) is 4.13. The minimum atomic E-state index is -4.64. The average molecular weight is 836 g/mol. The van der Waals surface area contributed by atoms with Crippen LogP contribution in [0.3, 0.4) is 0 Å². The zero-order chi connectivity index (χ0) is 42.8. The number of phosphoric ester groups is 1. The van der Waals surface area contributed by atoms with Crippen LogP contribution < -0.4 is 4.89 Å². The summed E-state index contributed by atoms with van der Waals surface area (Å²) >= 11 is 0. The van der Waals surface area contributed by atoms with Crippen LogP contribution in [0.1, 0.15) is 181 Å². The molecule has 0 bridgehead atoms. The first-order valence-corrected chi connectivity index (χ1v) is 24.5. The van der Waals surface area contributed by atoms with Gasteiger partial charge in [0.1, 0.15) is 19.8 Å². The Hall–Kier alpha value is -2.29. The molecule has 58 heavy (non-hydrogen) atoms. The van der Waals surface area contributed by atoms with Gasteiger partial charge in [-0.3, -0.25) is 14.2 Å². The van der Waals surface area contributed by atoms with Crippen LogP contribution in [0.5, 0.6) is 0 Å². The van der Waals surface area contributed by atoms with Crippen LogP contribution >= 0.6 is 7.82 Å². The molecule has 0 fully saturated rings. The second-order valence-corrected chi connectivity index (χ2v) is 17.8. The number of esters is 2. The molecule has 0 rings (SSSR count). The summed E-state index contributed by atoms with van der Waals surface area (Å²) < 4.78 is 33.9. The van der Waals surface area contributed by atoms with Crippen molar-refractivity contribution in [2.75, 3.05) is 47.5 Å². The summed E-state index contributed by atoms with van der Waals surface area (Å²) in [5.74, 6) is -0.872. The molecule has 0 amide bonds. The van der Waals surface area contributed by atoms with Crippen molar-refractivity contribution in [3.8, 4) is 0 Å². The minimum Gasteiger partial charge on any atom is -0.756 e. The lowest BCUT2D eigenvalue weighted by atomic mass is 10.1. The molecule has 336 valence electrons. The van der Waals surface area contributed by atoms with Crippen LogP contribution in [0.25, 0.3) is 0 Å². The lowest BCUT2D eigenvalue weighted by molar-refractivity contribution is -0.870. The van der Waals surface area contributed by atoms with Crippen LogP contribution in [-0.2, 0) is 32.7 Å². The molecule has 0 spiro atoms. The van der Waals surface area contributed by atoms with Crippen molar-refractivity contribution in [2.45, 2.75) is 187 Å². The summed E-state index contributed by atoms with van der Waals surface area (Å²) in [4.78, 5) is 37.6. The van der Waals surface area contributed by atoms with Gasteiger partial charge in [0.05, 0.1) is 27.7 Å². The Morgan fingerprint density at radius 2 is 0.931 bits per heavy atom. The van der Waals surface area contributed by atoms with E-state index >= 15 is 0 Å². The molecule has 0 aromatic carbocycles. The number of hydrogen-bond donors (Lipinski definition) is 0. The number of carbonyl (C=O) groups excluding carboxylic acids is 2. The second kappa shape index (κ2) is 40.1. The van der Waals surface area contributed by atoms with Gasteiger partial charge in [-0.15, -0.1) is 0 Å². The minimum absolute atomic E-state index is 0.0393. The summed E-state index contributed by atoms with van der Waals surface area (Å²) in [5.41, 5.74) is 0. The van der Waals surface area contributed by atoms with Crippen LogP contribution in [0, 0.1) is 0 Å². The van der Waals surface area contributed by atoms with E-state index in [4.69, 9.17) is 18.5 Å². The number of hydrogen-bond acceptors (Lipinski definition) is 8. The van der Waals surface area contributed by atoms with Crippen LogP contribution in [0.2, 0.25) is 0 Å². The molecule has 0 heterocycles. The molecule has 2 atom stereocenters. The molecule has 0 aliphatic rings. The SMILES string of the molecule is CCCCC/C=C/C/C=C/C/C=C/CCCCCCC(=O)O[C@H](COC(=O)CCCCCCCCC/C=C/C/C=C/CCCCC)COP(=O)([O-])OCC[N+](C)(C)C. The van der Waals surface area contributed by atoms with E-state index in [1.807, 2.05) is 21.1 Å². The number of quaternary nitrogens is 1. The van der Waals surface area contributed by atoms with Gasteiger partial charge in [-0.05, 0) is 83.5 Å². The standard InChI is InChI=1S/C48H86NO8P/c1-6-8-10-12-14-16-18-20-22-24-26-28-30-32-34-36-38-40-47(50)54-44-46(45-56-58(52,53)55-43-42-49(3,4)5)57-48(51)41-39-37-35-33-31-29-27-25-23-21-19-17-15-13-11-9-7-2/h14-17,20-23,27,29,46H,6-13,18-19,24-26,28,30-45H2,1-5H3/b16-14+,17-15+,22-20+,23-21+,29-27+/t46-/m1/s1. The first kappa shape index (κ1) is 55.7. The second-order valence-electron chi connectivity index (χ2n) is 16.4. The van der Waals surface area contributed by atoms with Gasteiger partial charge in [-0.2, -0.15) is 0 Å². The fourth-order valence-electron chi connectivity index (χ4n) is 5.87. The van der Waals surface area contributed by atoms with Gasteiger partial charge in [0.25, 0.3) is 7.82 Å². The Morgan fingerprint density at radius 1 is 0.534 bits per heavy atom. The first-order chi connectivity index (χ1) is 28.0. The third-order valence-electron chi connectivity index (χ3n) is 9.51. The predicted molar refractivity (Wildman–Crippen MR) is 240 cm³/mol. The molecule has 0 N–H and O–H groups in total. The number of ether oxygens (including phenoxy) is 2. The van der Waals surface area contributed by atoms with Crippen molar-refractivity contribution < 1.29 is 42.1 Å². The average Bonchev–Trinajstić information content (AvgIpc) is 3.17. The van der Waals surface area contributed by atoms with E-state index in [1.165, 1.54) is 70.6 Å². The number of unbranched alkanes of at least 4 members (excludes halogenated alkanes) is 17. The van der Waals surface area contributed by atoms with Crippen molar-refractivity contribution in [3.05, 3.63) is 60.8 Å². The number of nitrogens with zero attached hydrogens (tertiary/aromatic N) is 1. The summed E-state index contributed by atoms with van der Waals surface area (Å²) in [6, 6.07) is 0. The largest absolute Gasteiger partial charge is 0.756 e. The van der Waals surface area contributed by atoms with E-state index in [0.29, 0.717) is 23.9 Å². The van der Waals surface area contributed by atoms with Crippen molar-refractivity contribution in [1.82, 2.24) is 0 Å². The van der Waals surface area contributed by atoms with E-state index in [0.717, 1.165) is 70.6 Å². The third-order valence-corrected chi connectivity index (χ3v) is 10.5. The van der Waals surface area contributed by atoms with Gasteiger partial charge in [0, 0.05) is 12.8 Å². The van der Waals surface area contributed by atoms with E-state index in [1.54, 1.807) is 0 Å². The molecule has 1 unspecified atom stereocenters. The highest BCUT2D eigenvalue weighted by molar-refractivity contribution is 7.45. The maximum Gasteiger partial charge on any atom is 0.306 e. The highest BCUT2D eigenvalue weighted by Gasteiger charge is 2.21. The Bertz CT molecular complexity index is 1170. The van der Waals surface area contributed by atoms with E-state index < -0.39 is 32.5 Å². The molecule has 9 nitrogen and oxygen atoms in total. The zero-order valence-corrected chi connectivity index (χ0v) is 38.6. The summed E-state index contributed by atoms with van der Waals surface area (Å²) in [6.07, 6.45) is 48.1. The molecule has 0 aromatic rings. The number of likely N-dealkylation sites (N-methyl/N-ethyl adjacent to an activating group) is 1. The van der Waals surface area contributed by atoms with E-state index in [-0.39, 0.29) is 26.1 Å². The monoisotopic (exact) mass is 836 g/mol. The van der Waals surface area contributed by atoms with Crippen LogP contribution in [-0.4, -0.2) is 70.0 Å². The highest BCUT2D eigenvalue weighted by Crippen LogP contribution is 2.38. The Labute approximate surface area is 356 Å². The third kappa shape index (κ3) is 43.3. The zero-order valence-electron chi connectivity index (χ0n) is 37.7. The lowest BCUT2D eigenvalue weighted by Gasteiger charge is -2.28. The van der Waals surface area contributed by atoms with Crippen molar-refractivity contribution in [1.29, 1.82) is 0 Å². The highest BCUT2D eigenvalue weighted by atomic mass is 31.2. The van der Waals surface area contributed by atoms with E-state index in [9.17, 15) is 19.0 Å². The van der Waals surface area contributed by atoms with Crippen molar-refractivity contribution in [3.63, 3.8) is 0 Å². The molecule has 0 saturated heterocycles. The van der Waals surface area contributed by atoms with Gasteiger partial charge in [0.15, 0.2) is 6.10 Å². The first-order valence-electron chi connectivity index (χ1n) is 23.0. The van der Waals surface area contributed by atoms with Gasteiger partial charge in [-0.25, -0.2) is 0 Å². The normalized spacial score (nSPS) is 14.1. The Morgan fingerprint density at radius 3 is 1.38 bits per heavy atom. The van der Waals surface area contributed by atoms with Crippen molar-refractivity contribution in [2.24, 2.45) is 0 Å². The molecule has 0 saturated carbocycles. The van der Waals surface area contributed by atoms with Gasteiger partial charge in [-0.1, -0.05) is 145 Å². The Balaban J connectivity index is 4.40. The molecular formula is C48H86NO8P. The summed E-state index contributed by atoms with van der Waals surface area (Å²) in [7, 11) is 1.14. The Kier molecular flexibility index (Phi) is 38.5. The van der Waals surface area contributed by atoms with E-state index in [2.05, 4.69) is 74.6 Å². The van der Waals surface area contributed by atoms with Gasteiger partial charge < -0.3 is 27.9 Å². The molecule has 0 aliphatic carbocycles. The number of allylic oxidation sites excluding steroid dienone is 10. The molecular weight excluding hydrogens is 750 g/mol. The quantitative estimate of drug-likeness (QED) is 0.0197. The molecule has 0 aliphatic heterocycles. The fraction of sp³-hybridized carbons (Fsp3) is 0.750. The maximum atomic E-state index is 12.7. The van der Waals surface area contributed by atoms with Gasteiger partial charge >= 0.3 is 11.9 Å². The van der Waals surface area contributed by atoms with Crippen LogP contribution in [0.4, 0.5) is 0 Å². The number of rotatable bonds is 41. The summed E-state index contributed by atoms with van der Waals surface area (Å²) in [5, 5.41) is 0. The lowest BCUT2D eigenvalue weighted by Crippen LogP contribution is -2.37. The number of phosphoric acid groups is 1. The van der Waals surface area contributed by atoms with Crippen LogP contribution in [0.15, 0.2) is 60.8 Å². The molecule has 0 radical (unpaired) electrons. The fourth-order valence-corrected chi connectivity index (χ4v) is 6.60. The van der Waals surface area contributed by atoms with Gasteiger partial charge in [0.2, 0.25) is 0 Å². The van der Waals surface area contributed by atoms with Crippen molar-refractivity contribution >= 4 is 19.8 Å². The molecule has 10 heteroatoms. The maximum absolute atomic E-state index is 12.7. The predicted octanol–water partition coefficient (Wildman–Crippen LogP) is 12.6. The smallest absolute Gasteiger partial charge is 0.306 e. The molecule has 0 aromatic heterocycles.